The van der Waals surface area contributed by atoms with Crippen molar-refractivity contribution in [2.75, 3.05) is 18.0 Å². The second kappa shape index (κ2) is 5.83. The van der Waals surface area contributed by atoms with Crippen LogP contribution in [0.5, 0.6) is 0 Å². The molecule has 0 aliphatic carbocycles. The molecule has 0 bridgehead atoms. The lowest BCUT2D eigenvalue weighted by molar-refractivity contribution is -0.116. The number of fused-ring (bicyclic) bond motifs is 1. The van der Waals surface area contributed by atoms with Crippen LogP contribution >= 0.6 is 11.6 Å². The minimum absolute atomic E-state index is 0.106. The summed E-state index contributed by atoms with van der Waals surface area (Å²) in [6.07, 6.45) is 3.34. The highest BCUT2D eigenvalue weighted by Gasteiger charge is 2.15. The van der Waals surface area contributed by atoms with Gasteiger partial charge < -0.3 is 10.6 Å². The van der Waals surface area contributed by atoms with Gasteiger partial charge in [-0.15, -0.1) is 0 Å². The van der Waals surface area contributed by atoms with Crippen molar-refractivity contribution in [3.05, 3.63) is 17.5 Å². The molecule has 19 heavy (non-hydrogen) atoms. The fourth-order valence-electron chi connectivity index (χ4n) is 1.81. The predicted octanol–water partition coefficient (Wildman–Crippen LogP) is 0.870. The number of hydrogen-bond donors (Lipinski definition) is 1. The Morgan fingerprint density at radius 3 is 3.05 bits per heavy atom. The number of hydrogen-bond acceptors (Lipinski definition) is 5. The first-order valence-corrected chi connectivity index (χ1v) is 6.39. The topological polar surface area (TPSA) is 89.4 Å². The molecule has 0 radical (unpaired) electrons. The zero-order valence-electron chi connectivity index (χ0n) is 10.6. The Balaban J connectivity index is 2.41. The van der Waals surface area contributed by atoms with E-state index >= 15 is 0 Å². The molecular formula is C11H15ClN6O. The zero-order valence-corrected chi connectivity index (χ0v) is 11.3. The molecule has 2 aromatic heterocycles. The summed E-state index contributed by atoms with van der Waals surface area (Å²) in [5, 5.41) is 4.39. The number of nitrogens with zero attached hydrogens (tertiary/aromatic N) is 5. The van der Waals surface area contributed by atoms with E-state index < -0.39 is 5.91 Å². The van der Waals surface area contributed by atoms with Gasteiger partial charge in [-0.3, -0.25) is 4.79 Å². The quantitative estimate of drug-likeness (QED) is 0.794. The maximum absolute atomic E-state index is 11.2. The highest BCUT2D eigenvalue weighted by atomic mass is 35.5. The predicted molar refractivity (Wildman–Crippen MR) is 72.1 cm³/mol. The number of halogens is 1. The van der Waals surface area contributed by atoms with Gasteiger partial charge in [-0.1, -0.05) is 24.9 Å². The van der Waals surface area contributed by atoms with E-state index in [1.165, 1.54) is 6.33 Å². The number of rotatable bonds is 6. The van der Waals surface area contributed by atoms with Crippen LogP contribution in [0.2, 0.25) is 5.15 Å². The molecule has 0 saturated heterocycles. The van der Waals surface area contributed by atoms with Crippen molar-refractivity contribution in [3.8, 4) is 0 Å². The molecule has 0 spiro atoms. The molecule has 2 N–H and O–H groups in total. The normalized spacial score (nSPS) is 10.8. The van der Waals surface area contributed by atoms with Gasteiger partial charge >= 0.3 is 0 Å². The number of anilines is 1. The molecule has 0 fully saturated rings. The van der Waals surface area contributed by atoms with Crippen LogP contribution in [-0.4, -0.2) is 38.6 Å². The average molecular weight is 283 g/mol. The van der Waals surface area contributed by atoms with Crippen molar-refractivity contribution in [1.29, 1.82) is 0 Å². The van der Waals surface area contributed by atoms with Gasteiger partial charge in [0.25, 0.3) is 5.78 Å². The van der Waals surface area contributed by atoms with E-state index in [4.69, 9.17) is 17.3 Å². The monoisotopic (exact) mass is 282 g/mol. The maximum Gasteiger partial charge on any atom is 0.255 e. The molecule has 102 valence electrons. The van der Waals surface area contributed by atoms with Crippen LogP contribution in [0.1, 0.15) is 19.8 Å². The SMILES string of the molecule is CCCCN(CC(N)=O)c1cc(Cl)nc2ncnn12. The lowest BCUT2D eigenvalue weighted by Gasteiger charge is -2.23. The highest BCUT2D eigenvalue weighted by molar-refractivity contribution is 6.29. The Kier molecular flexibility index (Phi) is 4.16. The molecule has 0 atom stereocenters. The summed E-state index contributed by atoms with van der Waals surface area (Å²) in [5.41, 5.74) is 5.29. The van der Waals surface area contributed by atoms with E-state index in [-0.39, 0.29) is 6.54 Å². The van der Waals surface area contributed by atoms with Gasteiger partial charge in [0.2, 0.25) is 5.91 Å². The molecule has 1 amide bonds. The maximum atomic E-state index is 11.2. The number of nitrogens with two attached hydrogens (primary N) is 1. The van der Waals surface area contributed by atoms with Gasteiger partial charge in [-0.2, -0.15) is 19.6 Å². The van der Waals surface area contributed by atoms with Crippen LogP contribution < -0.4 is 10.6 Å². The second-order valence-electron chi connectivity index (χ2n) is 4.15. The number of aromatic nitrogens is 4. The smallest absolute Gasteiger partial charge is 0.255 e. The summed E-state index contributed by atoms with van der Waals surface area (Å²) in [6, 6.07) is 1.65. The summed E-state index contributed by atoms with van der Waals surface area (Å²) >= 11 is 5.96. The van der Waals surface area contributed by atoms with Crippen LogP contribution in [0.25, 0.3) is 5.78 Å². The van der Waals surface area contributed by atoms with E-state index in [0.29, 0.717) is 23.3 Å². The van der Waals surface area contributed by atoms with Crippen LogP contribution in [0.15, 0.2) is 12.4 Å². The lowest BCUT2D eigenvalue weighted by Crippen LogP contribution is -2.35. The van der Waals surface area contributed by atoms with Crippen molar-refractivity contribution in [2.45, 2.75) is 19.8 Å². The summed E-state index contributed by atoms with van der Waals surface area (Å²) in [4.78, 5) is 21.1. The van der Waals surface area contributed by atoms with Gasteiger partial charge in [0.15, 0.2) is 0 Å². The first kappa shape index (κ1) is 13.5. The number of carbonyl (C=O) groups excluding carboxylic acids is 1. The highest BCUT2D eigenvalue weighted by Crippen LogP contribution is 2.19. The van der Waals surface area contributed by atoms with Crippen molar-refractivity contribution in [3.63, 3.8) is 0 Å². The Hall–Kier alpha value is -1.89. The molecule has 8 heteroatoms. The van der Waals surface area contributed by atoms with Crippen molar-refractivity contribution >= 4 is 29.1 Å². The van der Waals surface area contributed by atoms with Gasteiger partial charge in [-0.25, -0.2) is 0 Å². The number of unbranched alkanes of at least 4 members (excludes halogenated alkanes) is 1. The van der Waals surface area contributed by atoms with Crippen LogP contribution in [0.4, 0.5) is 5.82 Å². The number of carbonyl (C=O) groups is 1. The van der Waals surface area contributed by atoms with Gasteiger partial charge in [-0.05, 0) is 6.42 Å². The second-order valence-corrected chi connectivity index (χ2v) is 4.54. The Bertz CT molecular complexity index is 584. The van der Waals surface area contributed by atoms with Gasteiger partial charge in [0.1, 0.15) is 17.3 Å². The van der Waals surface area contributed by atoms with Crippen LogP contribution in [-0.2, 0) is 4.79 Å². The van der Waals surface area contributed by atoms with E-state index in [0.717, 1.165) is 12.8 Å². The van der Waals surface area contributed by atoms with Gasteiger partial charge in [0.05, 0.1) is 6.54 Å². The van der Waals surface area contributed by atoms with Crippen molar-refractivity contribution < 1.29 is 4.79 Å². The fraction of sp³-hybridized carbons (Fsp3) is 0.455. The third-order valence-electron chi connectivity index (χ3n) is 2.65. The van der Waals surface area contributed by atoms with Crippen LogP contribution in [0.3, 0.4) is 0 Å². The summed E-state index contributed by atoms with van der Waals surface area (Å²) in [7, 11) is 0. The summed E-state index contributed by atoms with van der Waals surface area (Å²) in [5.74, 6) is 0.658. The molecule has 7 nitrogen and oxygen atoms in total. The molecule has 2 rings (SSSR count). The average Bonchev–Trinajstić information content (AvgIpc) is 2.80. The Morgan fingerprint density at radius 2 is 2.37 bits per heavy atom. The van der Waals surface area contributed by atoms with E-state index in [1.54, 1.807) is 10.6 Å². The first-order chi connectivity index (χ1) is 9.11. The third kappa shape index (κ3) is 3.11. The molecule has 0 aliphatic heterocycles. The number of amides is 1. The Morgan fingerprint density at radius 1 is 1.58 bits per heavy atom. The summed E-state index contributed by atoms with van der Waals surface area (Å²) < 4.78 is 1.55. The minimum Gasteiger partial charge on any atom is -0.368 e. The molecule has 2 heterocycles. The Labute approximate surface area is 115 Å². The molecule has 0 aromatic carbocycles. The molecule has 0 aliphatic rings. The fourth-order valence-corrected chi connectivity index (χ4v) is 1.98. The zero-order chi connectivity index (χ0) is 13.8. The molecule has 0 saturated carbocycles. The standard InChI is InChI=1S/C11H15ClN6O/c1-2-3-4-17(6-9(13)19)10-5-8(12)16-11-14-7-15-18(10)11/h5,7H,2-4,6H2,1H3,(H2,13,19). The first-order valence-electron chi connectivity index (χ1n) is 6.01. The lowest BCUT2D eigenvalue weighted by atomic mass is 10.3. The summed E-state index contributed by atoms with van der Waals surface area (Å²) in [6.45, 7) is 2.87. The van der Waals surface area contributed by atoms with Gasteiger partial charge in [0, 0.05) is 12.6 Å². The number of primary amides is 1. The minimum atomic E-state index is -0.405. The van der Waals surface area contributed by atoms with Crippen molar-refractivity contribution in [2.24, 2.45) is 5.73 Å². The van der Waals surface area contributed by atoms with E-state index in [9.17, 15) is 4.79 Å². The van der Waals surface area contributed by atoms with Crippen LogP contribution in [0, 0.1) is 0 Å². The molecular weight excluding hydrogens is 268 g/mol. The van der Waals surface area contributed by atoms with Crippen molar-refractivity contribution in [1.82, 2.24) is 19.6 Å². The third-order valence-corrected chi connectivity index (χ3v) is 2.85. The van der Waals surface area contributed by atoms with E-state index in [1.807, 2.05) is 4.90 Å². The van der Waals surface area contributed by atoms with E-state index in [2.05, 4.69) is 22.0 Å². The largest absolute Gasteiger partial charge is 0.368 e. The molecule has 0 unspecified atom stereocenters. The molecule has 2 aromatic rings.